The molecule has 1 aromatic heterocycles. The number of hydrogen-bond acceptors (Lipinski definition) is 5. The lowest BCUT2D eigenvalue weighted by Gasteiger charge is -2.10. The molecule has 1 heterocycles. The Morgan fingerprint density at radius 2 is 1.83 bits per heavy atom. The average Bonchev–Trinajstić information content (AvgIpc) is 3.08. The van der Waals surface area contributed by atoms with Crippen LogP contribution in [0, 0.1) is 13.8 Å². The van der Waals surface area contributed by atoms with Crippen LogP contribution in [0.1, 0.15) is 23.9 Å². The molecule has 0 aliphatic heterocycles. The van der Waals surface area contributed by atoms with Gasteiger partial charge in [0.2, 0.25) is 5.91 Å². The van der Waals surface area contributed by atoms with Crippen LogP contribution in [0.3, 0.4) is 0 Å². The van der Waals surface area contributed by atoms with E-state index in [1.807, 2.05) is 36.6 Å². The van der Waals surface area contributed by atoms with Gasteiger partial charge in [0, 0.05) is 22.3 Å². The van der Waals surface area contributed by atoms with Crippen LogP contribution in [0.25, 0.3) is 0 Å². The zero-order chi connectivity index (χ0) is 21.7. The Morgan fingerprint density at radius 3 is 2.50 bits per heavy atom. The predicted molar refractivity (Wildman–Crippen MR) is 122 cm³/mol. The van der Waals surface area contributed by atoms with Crippen molar-refractivity contribution in [2.45, 2.75) is 39.1 Å². The van der Waals surface area contributed by atoms with Gasteiger partial charge in [-0.25, -0.2) is 0 Å². The highest BCUT2D eigenvalue weighted by atomic mass is 35.5. The van der Waals surface area contributed by atoms with E-state index in [0.29, 0.717) is 39.9 Å². The molecule has 3 aromatic rings. The van der Waals surface area contributed by atoms with Crippen LogP contribution in [-0.2, 0) is 17.9 Å². The van der Waals surface area contributed by atoms with E-state index in [9.17, 15) is 4.79 Å². The zero-order valence-electron chi connectivity index (χ0n) is 16.9. The third kappa shape index (κ3) is 5.90. The molecule has 0 atom stereocenters. The van der Waals surface area contributed by atoms with E-state index in [4.69, 9.17) is 27.9 Å². The Hall–Kier alpha value is -2.22. The fourth-order valence-corrected chi connectivity index (χ4v) is 4.10. The summed E-state index contributed by atoms with van der Waals surface area (Å²) in [4.78, 5) is 12.3. The number of aryl methyl sites for hydroxylation is 2. The summed E-state index contributed by atoms with van der Waals surface area (Å²) in [5.74, 6) is 1.50. The molecular weight excluding hydrogens is 443 g/mol. The van der Waals surface area contributed by atoms with Crippen LogP contribution >= 0.6 is 35.0 Å². The molecule has 1 amide bonds. The Labute approximate surface area is 189 Å². The van der Waals surface area contributed by atoms with E-state index in [1.54, 1.807) is 18.2 Å². The molecule has 0 aliphatic rings. The summed E-state index contributed by atoms with van der Waals surface area (Å²) in [6.45, 7) is 7.09. The molecule has 30 heavy (non-hydrogen) atoms. The molecule has 9 heteroatoms. The Morgan fingerprint density at radius 1 is 1.10 bits per heavy atom. The summed E-state index contributed by atoms with van der Waals surface area (Å²) >= 11 is 13.2. The highest BCUT2D eigenvalue weighted by Crippen LogP contribution is 2.24. The lowest BCUT2D eigenvalue weighted by Crippen LogP contribution is -2.15. The Kier molecular flexibility index (Phi) is 7.64. The van der Waals surface area contributed by atoms with Crippen molar-refractivity contribution in [1.82, 2.24) is 14.8 Å². The second-order valence-corrected chi connectivity index (χ2v) is 8.49. The predicted octanol–water partition coefficient (Wildman–Crippen LogP) is 5.53. The van der Waals surface area contributed by atoms with E-state index in [-0.39, 0.29) is 11.7 Å². The molecule has 0 spiro atoms. The number of carbonyl (C=O) groups excluding carboxylic acids is 1. The largest absolute Gasteiger partial charge is 0.486 e. The van der Waals surface area contributed by atoms with E-state index in [0.717, 1.165) is 5.75 Å². The number of ether oxygens (including phenoxy) is 1. The highest BCUT2D eigenvalue weighted by Gasteiger charge is 2.14. The first kappa shape index (κ1) is 22.5. The minimum Gasteiger partial charge on any atom is -0.486 e. The number of benzene rings is 2. The minimum absolute atomic E-state index is 0.181. The molecule has 0 saturated carbocycles. The molecule has 3 rings (SSSR count). The first-order chi connectivity index (χ1) is 14.4. The Bertz CT molecular complexity index is 1040. The van der Waals surface area contributed by atoms with E-state index in [2.05, 4.69) is 22.4 Å². The second kappa shape index (κ2) is 10.2. The van der Waals surface area contributed by atoms with Gasteiger partial charge < -0.3 is 14.6 Å². The second-order valence-electron chi connectivity index (χ2n) is 6.67. The fraction of sp³-hybridized carbons (Fsp3) is 0.286. The van der Waals surface area contributed by atoms with Crippen molar-refractivity contribution in [2.75, 3.05) is 11.1 Å². The van der Waals surface area contributed by atoms with Crippen LogP contribution < -0.4 is 10.1 Å². The molecule has 0 unspecified atom stereocenters. The third-order valence-corrected chi connectivity index (χ3v) is 5.84. The molecule has 0 radical (unpaired) electrons. The number of halogens is 2. The monoisotopic (exact) mass is 464 g/mol. The van der Waals surface area contributed by atoms with E-state index in [1.165, 1.54) is 22.9 Å². The number of amides is 1. The van der Waals surface area contributed by atoms with Crippen molar-refractivity contribution in [3.63, 3.8) is 0 Å². The average molecular weight is 465 g/mol. The summed E-state index contributed by atoms with van der Waals surface area (Å²) in [7, 11) is 0. The van der Waals surface area contributed by atoms with E-state index < -0.39 is 0 Å². The molecule has 6 nitrogen and oxygen atoms in total. The van der Waals surface area contributed by atoms with Gasteiger partial charge >= 0.3 is 0 Å². The molecular formula is C21H22Cl2N4O2S. The molecule has 158 valence electrons. The number of aromatic nitrogens is 3. The van der Waals surface area contributed by atoms with Gasteiger partial charge in [-0.1, -0.05) is 41.0 Å². The standard InChI is InChI=1S/C21H22Cl2N4O2S/c1-4-27-19(11-29-18-6-5-13(2)14(3)7-18)25-26-21(27)30-12-20(28)24-17-9-15(22)8-16(23)10-17/h5-10H,4,11-12H2,1-3H3,(H,24,28). The molecule has 0 fully saturated rings. The molecule has 0 bridgehead atoms. The summed E-state index contributed by atoms with van der Waals surface area (Å²) in [6.07, 6.45) is 0. The van der Waals surface area contributed by atoms with Gasteiger partial charge in [-0.15, -0.1) is 10.2 Å². The van der Waals surface area contributed by atoms with Crippen molar-refractivity contribution < 1.29 is 9.53 Å². The summed E-state index contributed by atoms with van der Waals surface area (Å²) < 4.78 is 7.81. The molecule has 0 aliphatic carbocycles. The lowest BCUT2D eigenvalue weighted by molar-refractivity contribution is -0.113. The normalized spacial score (nSPS) is 10.8. The summed E-state index contributed by atoms with van der Waals surface area (Å²) in [5, 5.41) is 12.8. The number of nitrogens with zero attached hydrogens (tertiary/aromatic N) is 3. The summed E-state index contributed by atoms with van der Waals surface area (Å²) in [6, 6.07) is 10.9. The third-order valence-electron chi connectivity index (χ3n) is 4.43. The molecule has 1 N–H and O–H groups in total. The quantitative estimate of drug-likeness (QED) is 0.443. The zero-order valence-corrected chi connectivity index (χ0v) is 19.2. The van der Waals surface area contributed by atoms with Gasteiger partial charge in [0.05, 0.1) is 5.75 Å². The highest BCUT2D eigenvalue weighted by molar-refractivity contribution is 7.99. The first-order valence-electron chi connectivity index (χ1n) is 9.36. The first-order valence-corrected chi connectivity index (χ1v) is 11.1. The Balaban J connectivity index is 1.59. The van der Waals surface area contributed by atoms with Gasteiger partial charge in [0.1, 0.15) is 12.4 Å². The van der Waals surface area contributed by atoms with Gasteiger partial charge in [0.15, 0.2) is 11.0 Å². The number of thioether (sulfide) groups is 1. The molecule has 2 aromatic carbocycles. The van der Waals surface area contributed by atoms with Gasteiger partial charge in [0.25, 0.3) is 0 Å². The number of hydrogen-bond donors (Lipinski definition) is 1. The molecule has 0 saturated heterocycles. The van der Waals surface area contributed by atoms with Crippen molar-refractivity contribution in [2.24, 2.45) is 0 Å². The van der Waals surface area contributed by atoms with Gasteiger partial charge in [-0.3, -0.25) is 4.79 Å². The van der Waals surface area contributed by atoms with Crippen molar-refractivity contribution in [3.8, 4) is 5.75 Å². The smallest absolute Gasteiger partial charge is 0.234 e. The summed E-state index contributed by atoms with van der Waals surface area (Å²) in [5.41, 5.74) is 2.95. The minimum atomic E-state index is -0.183. The number of rotatable bonds is 8. The number of anilines is 1. The lowest BCUT2D eigenvalue weighted by atomic mass is 10.1. The number of nitrogens with one attached hydrogen (secondary N) is 1. The van der Waals surface area contributed by atoms with Crippen LogP contribution in [0.2, 0.25) is 10.0 Å². The maximum atomic E-state index is 12.3. The van der Waals surface area contributed by atoms with Crippen LogP contribution in [0.4, 0.5) is 5.69 Å². The van der Waals surface area contributed by atoms with Crippen LogP contribution in [0.5, 0.6) is 5.75 Å². The number of carbonyl (C=O) groups is 1. The fourth-order valence-electron chi connectivity index (χ4n) is 2.75. The van der Waals surface area contributed by atoms with Gasteiger partial charge in [-0.2, -0.15) is 0 Å². The topological polar surface area (TPSA) is 69.0 Å². The van der Waals surface area contributed by atoms with Crippen molar-refractivity contribution in [1.29, 1.82) is 0 Å². The van der Waals surface area contributed by atoms with Crippen molar-refractivity contribution in [3.05, 3.63) is 63.4 Å². The van der Waals surface area contributed by atoms with E-state index >= 15 is 0 Å². The maximum Gasteiger partial charge on any atom is 0.234 e. The van der Waals surface area contributed by atoms with Crippen LogP contribution in [-0.4, -0.2) is 26.4 Å². The van der Waals surface area contributed by atoms with Crippen LogP contribution in [0.15, 0.2) is 41.6 Å². The SMILES string of the molecule is CCn1c(COc2ccc(C)c(C)c2)nnc1SCC(=O)Nc1cc(Cl)cc(Cl)c1. The van der Waals surface area contributed by atoms with Crippen molar-refractivity contribution >= 4 is 46.6 Å². The van der Waals surface area contributed by atoms with Gasteiger partial charge in [-0.05, 0) is 62.2 Å². The maximum absolute atomic E-state index is 12.3.